The van der Waals surface area contributed by atoms with Gasteiger partial charge in [-0.05, 0) is 30.2 Å². The Hall–Kier alpha value is -3.29. The highest BCUT2D eigenvalue weighted by Gasteiger charge is 2.18. The van der Waals surface area contributed by atoms with Crippen molar-refractivity contribution >= 4 is 22.8 Å². The summed E-state index contributed by atoms with van der Waals surface area (Å²) in [5.74, 6) is 1.05. The number of hydrogen-bond acceptors (Lipinski definition) is 7. The van der Waals surface area contributed by atoms with Crippen LogP contribution in [0.5, 0.6) is 11.5 Å². The van der Waals surface area contributed by atoms with Crippen molar-refractivity contribution in [2.45, 2.75) is 19.8 Å². The van der Waals surface area contributed by atoms with Gasteiger partial charge >= 0.3 is 0 Å². The lowest BCUT2D eigenvalue weighted by Gasteiger charge is -2.23. The Labute approximate surface area is 179 Å². The van der Waals surface area contributed by atoms with Crippen LogP contribution < -0.4 is 20.5 Å². The van der Waals surface area contributed by atoms with Crippen LogP contribution in [0.25, 0.3) is 11.1 Å². The van der Waals surface area contributed by atoms with Gasteiger partial charge in [0.05, 0.1) is 19.4 Å². The molecule has 0 aliphatic heterocycles. The monoisotopic (exact) mass is 424 g/mol. The number of nitrogens with two attached hydrogens (primary N) is 1. The molecule has 0 bridgehead atoms. The number of carbonyl (C=O) groups excluding carboxylic acids is 1. The Balaban J connectivity index is 1.94. The molecule has 0 amide bonds. The largest absolute Gasteiger partial charge is 0.497 e. The number of hydrogen-bond donors (Lipinski definition) is 3. The second kappa shape index (κ2) is 9.96. The number of aliphatic hydroxyl groups excluding tert-OH is 1. The molecule has 0 aliphatic carbocycles. The van der Waals surface area contributed by atoms with Crippen molar-refractivity contribution in [3.05, 3.63) is 76.6 Å². The highest BCUT2D eigenvalue weighted by Crippen LogP contribution is 2.35. The maximum absolute atomic E-state index is 11.6. The summed E-state index contributed by atoms with van der Waals surface area (Å²) in [4.78, 5) is 11.6. The average Bonchev–Trinajstić information content (AvgIpc) is 3.21. The van der Waals surface area contributed by atoms with E-state index in [1.165, 1.54) is 24.3 Å². The first-order valence-electron chi connectivity index (χ1n) is 9.31. The van der Waals surface area contributed by atoms with Gasteiger partial charge in [-0.3, -0.25) is 4.79 Å². The molecule has 0 aliphatic rings. The normalized spacial score (nSPS) is 12.3. The van der Waals surface area contributed by atoms with E-state index in [1.54, 1.807) is 25.3 Å². The Morgan fingerprint density at radius 1 is 1.23 bits per heavy atom. The van der Waals surface area contributed by atoms with Crippen LogP contribution in [-0.2, 0) is 11.4 Å². The Kier molecular flexibility index (Phi) is 7.11. The van der Waals surface area contributed by atoms with E-state index in [0.717, 1.165) is 11.1 Å². The third-order valence-electron chi connectivity index (χ3n) is 4.31. The minimum absolute atomic E-state index is 0.140. The number of carbonyl (C=O) groups is 1. The summed E-state index contributed by atoms with van der Waals surface area (Å²) in [6.07, 6.45) is 0.531. The van der Waals surface area contributed by atoms with Crippen molar-refractivity contribution in [1.29, 1.82) is 0 Å². The summed E-state index contributed by atoms with van der Waals surface area (Å²) < 4.78 is 11.5. The average molecular weight is 425 g/mol. The molecule has 0 fully saturated rings. The lowest BCUT2D eigenvalue weighted by atomic mass is 10.1. The van der Waals surface area contributed by atoms with Crippen molar-refractivity contribution in [3.63, 3.8) is 0 Å². The van der Waals surface area contributed by atoms with Crippen LogP contribution in [-0.4, -0.2) is 24.2 Å². The Morgan fingerprint density at radius 2 is 2.00 bits per heavy atom. The first-order chi connectivity index (χ1) is 14.5. The molecule has 4 N–H and O–H groups in total. The fourth-order valence-corrected chi connectivity index (χ4v) is 3.69. The number of ketones is 1. The third kappa shape index (κ3) is 5.40. The number of methoxy groups -OCH3 is 1. The maximum Gasteiger partial charge on any atom is 0.210 e. The fraction of sp³-hybridized carbons (Fsp3) is 0.174. The van der Waals surface area contributed by atoms with Crippen molar-refractivity contribution in [2.75, 3.05) is 12.4 Å². The second-order valence-corrected chi connectivity index (χ2v) is 7.38. The Bertz CT molecular complexity index is 1010. The number of allylic oxidation sites excluding steroid dienone is 1. The minimum atomic E-state index is -0.801. The third-order valence-corrected chi connectivity index (χ3v) is 5.03. The van der Waals surface area contributed by atoms with E-state index in [2.05, 4.69) is 5.32 Å². The molecule has 3 rings (SSSR count). The Morgan fingerprint density at radius 3 is 2.67 bits per heavy atom. The predicted molar refractivity (Wildman–Crippen MR) is 120 cm³/mol. The highest BCUT2D eigenvalue weighted by molar-refractivity contribution is 7.08. The molecule has 0 radical (unpaired) electrons. The number of nitrogens with one attached hydrogen (secondary N) is 1. The molecular weight excluding hydrogens is 400 g/mol. The number of thiophene rings is 1. The summed E-state index contributed by atoms with van der Waals surface area (Å²) in [6.45, 7) is 1.29. The zero-order valence-electron chi connectivity index (χ0n) is 16.8. The van der Waals surface area contributed by atoms with Crippen LogP contribution in [0, 0.1) is 0 Å². The maximum atomic E-state index is 11.6. The molecule has 1 atom stereocenters. The van der Waals surface area contributed by atoms with Crippen molar-refractivity contribution in [1.82, 2.24) is 0 Å². The second-order valence-electron chi connectivity index (χ2n) is 6.64. The number of aliphatic hydroxyl groups is 1. The van der Waals surface area contributed by atoms with Gasteiger partial charge in [-0.15, -0.1) is 11.3 Å². The fourth-order valence-electron chi connectivity index (χ4n) is 2.93. The van der Waals surface area contributed by atoms with Gasteiger partial charge in [-0.2, -0.15) is 0 Å². The molecule has 1 aromatic heterocycles. The van der Waals surface area contributed by atoms with E-state index < -0.39 is 6.23 Å². The van der Waals surface area contributed by atoms with Gasteiger partial charge in [0.15, 0.2) is 5.78 Å². The standard InChI is InChI=1S/C23H24N2O4S/c1-15(27)8-21(24)23(25-18-9-16(12-26)10-19(11-18)28-2)29-22-14-30-13-20(22)17-6-4-3-5-7-17/h3-11,13-14,23,25-26H,12,24H2,1-2H3. The molecule has 1 unspecified atom stereocenters. The summed E-state index contributed by atoms with van der Waals surface area (Å²) in [5, 5.41) is 16.6. The first kappa shape index (κ1) is 21.4. The van der Waals surface area contributed by atoms with E-state index in [9.17, 15) is 9.90 Å². The lowest BCUT2D eigenvalue weighted by Crippen LogP contribution is -2.33. The van der Waals surface area contributed by atoms with Gasteiger partial charge < -0.3 is 25.6 Å². The smallest absolute Gasteiger partial charge is 0.210 e. The molecule has 30 heavy (non-hydrogen) atoms. The van der Waals surface area contributed by atoms with Crippen LogP contribution in [0.2, 0.25) is 0 Å². The summed E-state index contributed by atoms with van der Waals surface area (Å²) >= 11 is 1.51. The molecule has 0 spiro atoms. The van der Waals surface area contributed by atoms with E-state index in [0.29, 0.717) is 22.7 Å². The molecule has 3 aromatic rings. The van der Waals surface area contributed by atoms with E-state index in [4.69, 9.17) is 15.2 Å². The minimum Gasteiger partial charge on any atom is -0.497 e. The summed E-state index contributed by atoms with van der Waals surface area (Å²) in [7, 11) is 1.55. The quantitative estimate of drug-likeness (QED) is 0.353. The van der Waals surface area contributed by atoms with Crippen LogP contribution in [0.4, 0.5) is 5.69 Å². The number of rotatable bonds is 9. The number of benzene rings is 2. The van der Waals surface area contributed by atoms with Crippen molar-refractivity contribution in [3.8, 4) is 22.6 Å². The van der Waals surface area contributed by atoms with Crippen LogP contribution in [0.15, 0.2) is 71.1 Å². The number of anilines is 1. The molecule has 2 aromatic carbocycles. The van der Waals surface area contributed by atoms with Crippen molar-refractivity contribution < 1.29 is 19.4 Å². The SMILES string of the molecule is COc1cc(CO)cc(NC(Oc2cscc2-c2ccccc2)C(N)=CC(C)=O)c1. The van der Waals surface area contributed by atoms with Crippen molar-refractivity contribution in [2.24, 2.45) is 5.73 Å². The molecule has 156 valence electrons. The number of ether oxygens (including phenoxy) is 2. The summed E-state index contributed by atoms with van der Waals surface area (Å²) in [5.41, 5.74) is 9.69. The molecule has 1 heterocycles. The van der Waals surface area contributed by atoms with Crippen LogP contribution in [0.1, 0.15) is 12.5 Å². The van der Waals surface area contributed by atoms with Crippen LogP contribution >= 0.6 is 11.3 Å². The summed E-state index contributed by atoms with van der Waals surface area (Å²) in [6, 6.07) is 15.2. The van der Waals surface area contributed by atoms with E-state index in [-0.39, 0.29) is 18.1 Å². The highest BCUT2D eigenvalue weighted by atomic mass is 32.1. The van der Waals surface area contributed by atoms with Gasteiger partial charge in [0.1, 0.15) is 11.5 Å². The zero-order valence-corrected chi connectivity index (χ0v) is 17.6. The molecular formula is C23H24N2O4S. The molecule has 0 saturated carbocycles. The van der Waals surface area contributed by atoms with Gasteiger partial charge in [-0.25, -0.2) is 0 Å². The molecule has 6 nitrogen and oxygen atoms in total. The molecule has 0 saturated heterocycles. The zero-order chi connectivity index (χ0) is 21.5. The van der Waals surface area contributed by atoms with Gasteiger partial charge in [0, 0.05) is 34.2 Å². The molecule has 7 heteroatoms. The van der Waals surface area contributed by atoms with Gasteiger partial charge in [0.25, 0.3) is 0 Å². The van der Waals surface area contributed by atoms with Gasteiger partial charge in [-0.1, -0.05) is 30.3 Å². The predicted octanol–water partition coefficient (Wildman–Crippen LogP) is 4.16. The topological polar surface area (TPSA) is 93.8 Å². The first-order valence-corrected chi connectivity index (χ1v) is 10.3. The van der Waals surface area contributed by atoms with E-state index in [1.807, 2.05) is 41.1 Å². The lowest BCUT2D eigenvalue weighted by molar-refractivity contribution is -0.112. The van der Waals surface area contributed by atoms with Crippen LogP contribution in [0.3, 0.4) is 0 Å². The van der Waals surface area contributed by atoms with Gasteiger partial charge in [0.2, 0.25) is 6.23 Å². The van der Waals surface area contributed by atoms with E-state index >= 15 is 0 Å².